The van der Waals surface area contributed by atoms with E-state index in [1.165, 1.54) is 13.2 Å². The standard InChI is InChI=1S/C31H35NO17/c1-13(33)25(37)46-18(27(39)44-14(2)26(38)48-28(24(35)36)49-29(40)41)12-20(34)45-17-7-8-31(42)19-11-15-5-6-16(43-4)22-21(15)30(31,23(17)47-22)9-10-32(19)3/h5-7,13-14,18-19,23,28,33,42H,8-12H2,1-4H3,(H,35,36)(H,40,41)/t13-,14-,18-,19+,23-,28+,30-,31+/m0/s1. The van der Waals surface area contributed by atoms with E-state index in [2.05, 4.69) is 14.4 Å². The van der Waals surface area contributed by atoms with Crippen molar-refractivity contribution in [1.82, 2.24) is 4.90 Å². The quantitative estimate of drug-likeness (QED) is 0.125. The molecule has 0 radical (unpaired) electrons. The monoisotopic (exact) mass is 693 g/mol. The van der Waals surface area contributed by atoms with Crippen molar-refractivity contribution in [3.8, 4) is 11.5 Å². The molecule has 0 saturated carbocycles. The predicted molar refractivity (Wildman–Crippen MR) is 156 cm³/mol. The molecule has 2 bridgehead atoms. The molecule has 2 aliphatic carbocycles. The molecule has 1 aromatic rings. The van der Waals surface area contributed by atoms with Gasteiger partial charge < -0.3 is 58.5 Å². The lowest BCUT2D eigenvalue weighted by atomic mass is 9.50. The largest absolute Gasteiger partial charge is 0.509 e. The van der Waals surface area contributed by atoms with E-state index in [9.17, 15) is 39.0 Å². The number of carbonyl (C=O) groups excluding carboxylic acids is 4. The van der Waals surface area contributed by atoms with Crippen molar-refractivity contribution in [3.05, 3.63) is 35.1 Å². The Morgan fingerprint density at radius 3 is 2.37 bits per heavy atom. The van der Waals surface area contributed by atoms with Gasteiger partial charge in [-0.3, -0.25) is 4.79 Å². The number of hydrogen-bond donors (Lipinski definition) is 4. The zero-order chi connectivity index (χ0) is 36.0. The number of likely N-dealkylation sites (tertiary alicyclic amines) is 1. The minimum Gasteiger partial charge on any atom is -0.493 e. The van der Waals surface area contributed by atoms with Gasteiger partial charge in [0, 0.05) is 18.0 Å². The van der Waals surface area contributed by atoms with E-state index in [0.29, 0.717) is 30.9 Å². The fraction of sp³-hybridized carbons (Fsp3) is 0.548. The van der Waals surface area contributed by atoms with Crippen molar-refractivity contribution in [2.24, 2.45) is 0 Å². The molecule has 1 spiro atoms. The second-order valence-corrected chi connectivity index (χ2v) is 12.1. The zero-order valence-electron chi connectivity index (χ0n) is 26.8. The number of ether oxygens (including phenoxy) is 7. The van der Waals surface area contributed by atoms with Crippen LogP contribution in [-0.2, 0) is 59.5 Å². The molecule has 266 valence electrons. The van der Waals surface area contributed by atoms with Crippen LogP contribution in [0.1, 0.15) is 44.2 Å². The fourth-order valence-electron chi connectivity index (χ4n) is 7.04. The number of nitrogens with zero attached hydrogens (tertiary/aromatic N) is 1. The highest BCUT2D eigenvalue weighted by Crippen LogP contribution is 2.65. The number of aliphatic hydroxyl groups is 2. The molecule has 0 amide bonds. The molecule has 2 aliphatic heterocycles. The number of likely N-dealkylation sites (N-methyl/N-ethyl adjacent to an activating group) is 1. The van der Waals surface area contributed by atoms with Crippen LogP contribution in [-0.4, -0.2) is 124 Å². The lowest BCUT2D eigenvalue weighted by Gasteiger charge is -2.61. The van der Waals surface area contributed by atoms with Gasteiger partial charge in [0.05, 0.1) is 24.5 Å². The Kier molecular flexibility index (Phi) is 9.50. The molecule has 1 aromatic carbocycles. The summed E-state index contributed by atoms with van der Waals surface area (Å²) in [4.78, 5) is 74.8. The van der Waals surface area contributed by atoms with Gasteiger partial charge in [0.25, 0.3) is 0 Å². The number of carboxylic acids is 1. The Labute approximate surface area is 278 Å². The van der Waals surface area contributed by atoms with E-state index in [4.69, 9.17) is 33.9 Å². The Morgan fingerprint density at radius 1 is 1.02 bits per heavy atom. The first kappa shape index (κ1) is 35.4. The summed E-state index contributed by atoms with van der Waals surface area (Å²) >= 11 is 0. The van der Waals surface area contributed by atoms with Crippen LogP contribution in [0.15, 0.2) is 24.0 Å². The van der Waals surface area contributed by atoms with Crippen LogP contribution in [0.3, 0.4) is 0 Å². The lowest BCUT2D eigenvalue weighted by Crippen LogP contribution is -2.74. The van der Waals surface area contributed by atoms with Gasteiger partial charge in [-0.25, -0.2) is 24.0 Å². The molecule has 0 unspecified atom stereocenters. The first-order valence-electron chi connectivity index (χ1n) is 15.2. The molecular formula is C31H35NO17. The van der Waals surface area contributed by atoms with Crippen LogP contribution in [0.4, 0.5) is 4.79 Å². The summed E-state index contributed by atoms with van der Waals surface area (Å²) in [7, 11) is 3.41. The number of carboxylic acid groups (broad SMARTS) is 2. The van der Waals surface area contributed by atoms with Crippen molar-refractivity contribution >= 4 is 36.0 Å². The van der Waals surface area contributed by atoms with E-state index in [1.807, 2.05) is 13.1 Å². The van der Waals surface area contributed by atoms with E-state index in [0.717, 1.165) is 25.0 Å². The molecule has 1 saturated heterocycles. The summed E-state index contributed by atoms with van der Waals surface area (Å²) in [6, 6.07) is 3.41. The SMILES string of the molecule is COc1ccc2c3c1O[C@H]1C(OC(=O)C[C@H](OC(=O)[C@H](C)O)C(=O)O[C@@H](C)C(=O)O[C@H](OC(=O)O)C(=O)O)=CC[C@@]4(O)[C@@H](C2)N(C)CC[C@]314. The average molecular weight is 694 g/mol. The first-order valence-corrected chi connectivity index (χ1v) is 15.2. The van der Waals surface area contributed by atoms with Gasteiger partial charge in [-0.2, -0.15) is 0 Å². The Hall–Kier alpha value is -4.94. The summed E-state index contributed by atoms with van der Waals surface area (Å²) in [6.45, 7) is 2.56. The van der Waals surface area contributed by atoms with Crippen molar-refractivity contribution in [1.29, 1.82) is 0 Å². The number of methoxy groups -OCH3 is 1. The van der Waals surface area contributed by atoms with Crippen molar-refractivity contribution in [3.63, 3.8) is 0 Å². The lowest BCUT2D eigenvalue weighted by molar-refractivity contribution is -0.199. The molecule has 2 heterocycles. The van der Waals surface area contributed by atoms with Crippen LogP contribution in [0.25, 0.3) is 0 Å². The van der Waals surface area contributed by atoms with Gasteiger partial charge in [0.2, 0.25) is 6.10 Å². The van der Waals surface area contributed by atoms with Gasteiger partial charge in [0.1, 0.15) is 11.9 Å². The highest BCUT2D eigenvalue weighted by Gasteiger charge is 2.72. The average Bonchev–Trinajstić information content (AvgIpc) is 3.39. The smallest absolute Gasteiger partial charge is 0.493 e. The van der Waals surface area contributed by atoms with Crippen molar-refractivity contribution in [2.45, 2.75) is 87.3 Å². The number of hydrogen-bond acceptors (Lipinski definition) is 16. The van der Waals surface area contributed by atoms with Gasteiger partial charge in [-0.1, -0.05) is 6.07 Å². The number of esters is 4. The minimum atomic E-state index is -2.59. The van der Waals surface area contributed by atoms with E-state index < -0.39 is 84.1 Å². The first-order chi connectivity index (χ1) is 23.0. The van der Waals surface area contributed by atoms with Gasteiger partial charge >= 0.3 is 42.3 Å². The van der Waals surface area contributed by atoms with Crippen molar-refractivity contribution in [2.75, 3.05) is 20.7 Å². The second-order valence-electron chi connectivity index (χ2n) is 12.1. The van der Waals surface area contributed by atoms with Crippen LogP contribution < -0.4 is 9.47 Å². The number of piperidine rings is 1. The summed E-state index contributed by atoms with van der Waals surface area (Å²) in [5.74, 6) is -6.59. The maximum atomic E-state index is 13.4. The normalized spacial score (nSPS) is 27.0. The number of rotatable bonds is 12. The van der Waals surface area contributed by atoms with Gasteiger partial charge in [-0.05, 0) is 58.0 Å². The molecule has 8 atom stereocenters. The summed E-state index contributed by atoms with van der Waals surface area (Å²) in [5.41, 5.74) is -0.587. The Bertz CT molecular complexity index is 1600. The molecular weight excluding hydrogens is 658 g/mol. The van der Waals surface area contributed by atoms with Gasteiger partial charge in [0.15, 0.2) is 23.7 Å². The third kappa shape index (κ3) is 6.10. The maximum absolute atomic E-state index is 13.4. The topological polar surface area (TPSA) is 251 Å². The number of aliphatic carboxylic acids is 1. The van der Waals surface area contributed by atoms with E-state index >= 15 is 0 Å². The third-order valence-corrected chi connectivity index (χ3v) is 9.26. The Morgan fingerprint density at radius 2 is 1.73 bits per heavy atom. The number of benzene rings is 1. The summed E-state index contributed by atoms with van der Waals surface area (Å²) in [6.07, 6.45) is -9.74. The van der Waals surface area contributed by atoms with E-state index in [-0.39, 0.29) is 18.2 Å². The highest BCUT2D eigenvalue weighted by atomic mass is 16.8. The summed E-state index contributed by atoms with van der Waals surface area (Å²) in [5, 5.41) is 39.6. The van der Waals surface area contributed by atoms with Crippen molar-refractivity contribution < 1.29 is 82.4 Å². The van der Waals surface area contributed by atoms with Crippen LogP contribution in [0.2, 0.25) is 0 Å². The fourth-order valence-corrected chi connectivity index (χ4v) is 7.04. The molecule has 1 fully saturated rings. The summed E-state index contributed by atoms with van der Waals surface area (Å²) < 4.78 is 35.9. The molecule has 5 rings (SSSR count). The third-order valence-electron chi connectivity index (χ3n) is 9.26. The maximum Gasteiger partial charge on any atom is 0.509 e. The highest BCUT2D eigenvalue weighted by molar-refractivity contribution is 5.88. The second kappa shape index (κ2) is 13.2. The van der Waals surface area contributed by atoms with Crippen LogP contribution >= 0.6 is 0 Å². The predicted octanol–water partition coefficient (Wildman–Crippen LogP) is -0.221. The van der Waals surface area contributed by atoms with Gasteiger partial charge in [-0.15, -0.1) is 0 Å². The van der Waals surface area contributed by atoms with Crippen LogP contribution in [0, 0.1) is 0 Å². The zero-order valence-corrected chi connectivity index (χ0v) is 26.8. The minimum absolute atomic E-state index is 0.0353. The van der Waals surface area contributed by atoms with Crippen LogP contribution in [0.5, 0.6) is 11.5 Å². The Balaban J connectivity index is 1.35. The molecule has 4 N–H and O–H groups in total. The molecule has 0 aromatic heterocycles. The molecule has 18 heteroatoms. The molecule has 4 aliphatic rings. The molecule has 49 heavy (non-hydrogen) atoms. The molecule has 18 nitrogen and oxygen atoms in total. The number of aliphatic hydroxyl groups excluding tert-OH is 1. The van der Waals surface area contributed by atoms with E-state index in [1.54, 1.807) is 6.07 Å². The number of carbonyl (C=O) groups is 6.